The molecule has 0 spiro atoms. The van der Waals surface area contributed by atoms with Crippen molar-refractivity contribution in [2.75, 3.05) is 18.5 Å². The van der Waals surface area contributed by atoms with Gasteiger partial charge in [0.2, 0.25) is 0 Å². The number of benzene rings is 2. The molecule has 6 nitrogen and oxygen atoms in total. The molecule has 2 heterocycles. The van der Waals surface area contributed by atoms with Crippen LogP contribution in [0.3, 0.4) is 0 Å². The summed E-state index contributed by atoms with van der Waals surface area (Å²) in [4.78, 5) is 13.2. The zero-order valence-corrected chi connectivity index (χ0v) is 18.3. The number of carboxylic acids is 1. The molecule has 0 radical (unpaired) electrons. The molecule has 1 saturated carbocycles. The molecule has 32 heavy (non-hydrogen) atoms. The maximum atomic E-state index is 15.0. The van der Waals surface area contributed by atoms with Gasteiger partial charge >= 0.3 is 5.97 Å². The molecule has 0 saturated heterocycles. The van der Waals surface area contributed by atoms with Crippen LogP contribution in [0.5, 0.6) is 0 Å². The molecule has 3 aromatic rings. The van der Waals surface area contributed by atoms with Gasteiger partial charge < -0.3 is 15.1 Å². The van der Waals surface area contributed by atoms with E-state index in [9.17, 15) is 14.3 Å². The minimum atomic E-state index is -1.19. The van der Waals surface area contributed by atoms with Crippen molar-refractivity contribution < 1.29 is 19.4 Å². The number of aromatic nitrogens is 2. The second kappa shape index (κ2) is 7.90. The van der Waals surface area contributed by atoms with Gasteiger partial charge in [-0.15, -0.1) is 0 Å². The van der Waals surface area contributed by atoms with E-state index in [-0.39, 0.29) is 11.1 Å². The number of anilines is 1. The summed E-state index contributed by atoms with van der Waals surface area (Å²) in [6.45, 7) is 0.774. The smallest absolute Gasteiger partial charge is 0.335 e. The Hall–Kier alpha value is -2.90. The van der Waals surface area contributed by atoms with Crippen LogP contribution in [0.4, 0.5) is 10.1 Å². The van der Waals surface area contributed by atoms with Crippen molar-refractivity contribution in [1.82, 2.24) is 9.78 Å². The minimum absolute atomic E-state index is 0.127. The van der Waals surface area contributed by atoms with E-state index < -0.39 is 18.0 Å². The number of hydrogen-bond donors (Lipinski definition) is 2. The first kappa shape index (κ1) is 21.0. The van der Waals surface area contributed by atoms with Gasteiger partial charge in [-0.25, -0.2) is 13.9 Å². The molecule has 1 aliphatic carbocycles. The van der Waals surface area contributed by atoms with Crippen LogP contribution in [0.2, 0.25) is 5.02 Å². The van der Waals surface area contributed by atoms with Gasteiger partial charge in [0.1, 0.15) is 11.5 Å². The topological polar surface area (TPSA) is 78.6 Å². The molecule has 2 N–H and O–H groups in total. The Morgan fingerprint density at radius 1 is 1.28 bits per heavy atom. The Morgan fingerprint density at radius 3 is 2.75 bits per heavy atom. The molecule has 2 aromatic carbocycles. The summed E-state index contributed by atoms with van der Waals surface area (Å²) >= 11 is 6.53. The molecule has 1 aliphatic heterocycles. The van der Waals surface area contributed by atoms with Crippen LogP contribution in [-0.4, -0.2) is 39.6 Å². The highest BCUT2D eigenvalue weighted by molar-refractivity contribution is 6.31. The molecule has 0 amide bonds. The maximum Gasteiger partial charge on any atom is 0.335 e. The van der Waals surface area contributed by atoms with Crippen LogP contribution in [-0.2, 0) is 6.42 Å². The van der Waals surface area contributed by atoms with Crippen molar-refractivity contribution >= 4 is 23.3 Å². The van der Waals surface area contributed by atoms with Gasteiger partial charge in [0.25, 0.3) is 0 Å². The summed E-state index contributed by atoms with van der Waals surface area (Å²) in [5.41, 5.74) is 3.68. The van der Waals surface area contributed by atoms with Crippen LogP contribution in [0, 0.1) is 5.82 Å². The summed E-state index contributed by atoms with van der Waals surface area (Å²) in [6.07, 6.45) is 2.58. The Bertz CT molecular complexity index is 1220. The molecule has 8 heteroatoms. The molecular formula is C24H23ClFN3O3. The number of hydrogen-bond acceptors (Lipinski definition) is 4. The Balaban J connectivity index is 1.67. The van der Waals surface area contributed by atoms with Gasteiger partial charge in [-0.1, -0.05) is 23.7 Å². The third-order valence-corrected chi connectivity index (χ3v) is 6.67. The van der Waals surface area contributed by atoms with E-state index in [4.69, 9.17) is 16.7 Å². The standard InChI is InChI=1S/C24H23ClFN3O3/c1-28-11-3-6-19-22(28)21(16-10-9-14(24(31)32)12-18(16)26)27-29(19)23(30)20-15(13-7-8-13)4-2-5-17(20)25/h2,4-5,9-10,12-13,23,30H,3,6-8,11H2,1H3,(H,31,32). The lowest BCUT2D eigenvalue weighted by Crippen LogP contribution is -2.26. The van der Waals surface area contributed by atoms with Gasteiger partial charge in [0.15, 0.2) is 6.23 Å². The molecule has 166 valence electrons. The van der Waals surface area contributed by atoms with Gasteiger partial charge in [0, 0.05) is 29.7 Å². The SMILES string of the molecule is CN1CCCc2c1c(-c1ccc(C(=O)O)cc1F)nn2C(O)c1c(Cl)cccc1C1CC1. The zero-order valence-electron chi connectivity index (χ0n) is 17.6. The summed E-state index contributed by atoms with van der Waals surface area (Å²) in [5.74, 6) is -1.48. The summed E-state index contributed by atoms with van der Waals surface area (Å²) in [5, 5.41) is 25.8. The van der Waals surface area contributed by atoms with Crippen molar-refractivity contribution in [3.05, 3.63) is 69.6 Å². The second-order valence-corrected chi connectivity index (χ2v) is 8.91. The number of fused-ring (bicyclic) bond motifs is 1. The number of nitrogens with zero attached hydrogens (tertiary/aromatic N) is 3. The number of aliphatic hydroxyl groups is 1. The predicted octanol–water partition coefficient (Wildman–Crippen LogP) is 4.84. The van der Waals surface area contributed by atoms with Crippen molar-refractivity contribution in [1.29, 1.82) is 0 Å². The van der Waals surface area contributed by atoms with E-state index in [1.807, 2.05) is 24.1 Å². The lowest BCUT2D eigenvalue weighted by molar-refractivity contribution is 0.0696. The summed E-state index contributed by atoms with van der Waals surface area (Å²) in [6, 6.07) is 9.45. The fourth-order valence-electron chi connectivity index (χ4n) is 4.61. The van der Waals surface area contributed by atoms with Crippen molar-refractivity contribution in [3.8, 4) is 11.3 Å². The van der Waals surface area contributed by atoms with E-state index in [2.05, 4.69) is 5.10 Å². The fourth-order valence-corrected chi connectivity index (χ4v) is 4.89. The number of rotatable bonds is 5. The van der Waals surface area contributed by atoms with Gasteiger partial charge in [-0.05, 0) is 61.4 Å². The molecular weight excluding hydrogens is 433 g/mol. The van der Waals surface area contributed by atoms with Crippen LogP contribution in [0.1, 0.15) is 58.6 Å². The first-order valence-corrected chi connectivity index (χ1v) is 11.1. The lowest BCUT2D eigenvalue weighted by Gasteiger charge is -2.27. The minimum Gasteiger partial charge on any atom is -0.478 e. The van der Waals surface area contributed by atoms with Gasteiger partial charge in [-0.3, -0.25) is 0 Å². The fraction of sp³-hybridized carbons (Fsp3) is 0.333. The van der Waals surface area contributed by atoms with Gasteiger partial charge in [0.05, 0.1) is 16.9 Å². The zero-order chi connectivity index (χ0) is 22.6. The van der Waals surface area contributed by atoms with Gasteiger partial charge in [-0.2, -0.15) is 5.10 Å². The molecule has 5 rings (SSSR count). The number of aromatic carboxylic acids is 1. The molecule has 1 fully saturated rings. The van der Waals surface area contributed by atoms with Crippen LogP contribution in [0.25, 0.3) is 11.3 Å². The molecule has 0 bridgehead atoms. The number of carboxylic acid groups (broad SMARTS) is 1. The van der Waals surface area contributed by atoms with Crippen LogP contribution in [0.15, 0.2) is 36.4 Å². The average molecular weight is 456 g/mol. The first-order chi connectivity index (χ1) is 15.4. The quantitative estimate of drug-likeness (QED) is 0.575. The number of halogens is 2. The van der Waals surface area contributed by atoms with Crippen molar-refractivity contribution in [2.45, 2.75) is 37.8 Å². The van der Waals surface area contributed by atoms with Crippen molar-refractivity contribution in [3.63, 3.8) is 0 Å². The molecule has 1 atom stereocenters. The monoisotopic (exact) mass is 455 g/mol. The average Bonchev–Trinajstić information content (AvgIpc) is 3.54. The number of aliphatic hydroxyl groups excluding tert-OH is 1. The maximum absolute atomic E-state index is 15.0. The molecule has 2 aliphatic rings. The van der Waals surface area contributed by atoms with E-state index in [0.29, 0.717) is 28.6 Å². The Labute approximate surface area is 189 Å². The highest BCUT2D eigenvalue weighted by Crippen LogP contribution is 2.46. The van der Waals surface area contributed by atoms with Crippen LogP contribution >= 0.6 is 11.6 Å². The number of carbonyl (C=O) groups is 1. The van der Waals surface area contributed by atoms with Crippen LogP contribution < -0.4 is 4.90 Å². The normalized spacial score (nSPS) is 16.7. The highest BCUT2D eigenvalue weighted by Gasteiger charge is 2.34. The predicted molar refractivity (Wildman–Crippen MR) is 120 cm³/mol. The first-order valence-electron chi connectivity index (χ1n) is 10.7. The lowest BCUT2D eigenvalue weighted by atomic mass is 10.0. The highest BCUT2D eigenvalue weighted by atomic mass is 35.5. The van der Waals surface area contributed by atoms with E-state index in [1.54, 1.807) is 10.7 Å². The Kier molecular flexibility index (Phi) is 5.18. The van der Waals surface area contributed by atoms with E-state index in [0.717, 1.165) is 48.8 Å². The summed E-state index contributed by atoms with van der Waals surface area (Å²) < 4.78 is 16.5. The molecule has 1 aromatic heterocycles. The second-order valence-electron chi connectivity index (χ2n) is 8.50. The third kappa shape index (κ3) is 3.45. The van der Waals surface area contributed by atoms with Crippen molar-refractivity contribution in [2.24, 2.45) is 0 Å². The Morgan fingerprint density at radius 2 is 2.06 bits per heavy atom. The van der Waals surface area contributed by atoms with E-state index in [1.165, 1.54) is 12.1 Å². The van der Waals surface area contributed by atoms with E-state index >= 15 is 0 Å². The summed E-state index contributed by atoms with van der Waals surface area (Å²) in [7, 11) is 1.91. The largest absolute Gasteiger partial charge is 0.478 e. The third-order valence-electron chi connectivity index (χ3n) is 6.34. The molecule has 1 unspecified atom stereocenters.